The molecule has 0 fully saturated rings. The number of hydrogen-bond acceptors (Lipinski definition) is 3. The van der Waals surface area contributed by atoms with Crippen molar-refractivity contribution in [2.45, 2.75) is 17.7 Å². The number of carbonyl (C=O) groups excluding carboxylic acids is 1. The van der Waals surface area contributed by atoms with Gasteiger partial charge in [0.05, 0.1) is 16.5 Å². The Hall–Kier alpha value is -3.87. The van der Waals surface area contributed by atoms with Gasteiger partial charge in [0, 0.05) is 29.2 Å². The largest absolute Gasteiger partial charge is 0.350 e. The number of nitrogens with zero attached hydrogens (tertiary/aromatic N) is 2. The monoisotopic (exact) mass is 528 g/mol. The second kappa shape index (κ2) is 9.88. The summed E-state index contributed by atoms with van der Waals surface area (Å²) in [6.07, 6.45) is 1.87. The quantitative estimate of drug-likeness (QED) is 0.246. The number of sulfonamides is 1. The average molecular weight is 529 g/mol. The van der Waals surface area contributed by atoms with E-state index in [0.717, 1.165) is 20.8 Å². The summed E-state index contributed by atoms with van der Waals surface area (Å²) in [5.74, 6) is -1.48. The molecule has 7 heteroatoms. The number of aryl methyl sites for hydroxylation is 2. The summed E-state index contributed by atoms with van der Waals surface area (Å²) in [5.41, 5.74) is 3.44. The summed E-state index contributed by atoms with van der Waals surface area (Å²) in [6, 6.07) is 29.7. The topological polar surface area (TPSA) is 59.4 Å². The van der Waals surface area contributed by atoms with E-state index < -0.39 is 21.8 Å². The molecule has 0 bridgehead atoms. The normalized spacial score (nSPS) is 12.4. The van der Waals surface area contributed by atoms with E-state index in [-0.39, 0.29) is 10.6 Å². The minimum absolute atomic E-state index is 0.0445. The van der Waals surface area contributed by atoms with Gasteiger partial charge in [-0.3, -0.25) is 4.79 Å². The number of carbonyl (C=O) groups is 1. The molecule has 5 nitrogen and oxygen atoms in total. The molecular formula is C30H25ClN2O3S. The average Bonchev–Trinajstić information content (AvgIpc) is 3.20. The van der Waals surface area contributed by atoms with Crippen LogP contribution in [-0.4, -0.2) is 18.9 Å². The molecule has 4 aromatic carbocycles. The molecule has 1 amide bonds. The molecule has 0 radical (unpaired) electrons. The minimum Gasteiger partial charge on any atom is -0.350 e. The van der Waals surface area contributed by atoms with Crippen LogP contribution in [0, 0.1) is 6.92 Å². The third kappa shape index (κ3) is 4.66. The molecule has 1 aromatic heterocycles. The number of para-hydroxylation sites is 1. The van der Waals surface area contributed by atoms with E-state index in [2.05, 4.69) is 0 Å². The Kier molecular flexibility index (Phi) is 6.63. The molecule has 0 aliphatic rings. The molecule has 37 heavy (non-hydrogen) atoms. The van der Waals surface area contributed by atoms with Gasteiger partial charge in [-0.25, -0.2) is 12.7 Å². The van der Waals surface area contributed by atoms with Crippen LogP contribution in [0.5, 0.6) is 0 Å². The highest BCUT2D eigenvalue weighted by atomic mass is 35.5. The first-order valence-electron chi connectivity index (χ1n) is 11.8. The fourth-order valence-corrected chi connectivity index (χ4v) is 6.21. The van der Waals surface area contributed by atoms with E-state index in [1.165, 1.54) is 12.1 Å². The maximum absolute atomic E-state index is 14.6. The van der Waals surface area contributed by atoms with E-state index in [1.54, 1.807) is 48.5 Å². The van der Waals surface area contributed by atoms with Crippen LogP contribution in [0.15, 0.2) is 114 Å². The van der Waals surface area contributed by atoms with Gasteiger partial charge in [0.2, 0.25) is 0 Å². The Morgan fingerprint density at radius 3 is 2.14 bits per heavy atom. The van der Waals surface area contributed by atoms with Gasteiger partial charge < -0.3 is 4.57 Å². The molecule has 1 unspecified atom stereocenters. The maximum Gasteiger partial charge on any atom is 0.270 e. The zero-order chi connectivity index (χ0) is 26.2. The third-order valence-electron chi connectivity index (χ3n) is 6.42. The first kappa shape index (κ1) is 24.8. The van der Waals surface area contributed by atoms with Crippen molar-refractivity contribution in [3.63, 3.8) is 0 Å². The van der Waals surface area contributed by atoms with Gasteiger partial charge in [0.15, 0.2) is 0 Å². The number of halogens is 1. The number of aromatic nitrogens is 1. The fourth-order valence-electron chi connectivity index (χ4n) is 4.61. The molecule has 0 aliphatic carbocycles. The second-order valence-electron chi connectivity index (χ2n) is 8.96. The highest BCUT2D eigenvalue weighted by Crippen LogP contribution is 2.37. The molecule has 0 saturated carbocycles. The van der Waals surface area contributed by atoms with Crippen LogP contribution < -0.4 is 4.31 Å². The van der Waals surface area contributed by atoms with Gasteiger partial charge in [-0.2, -0.15) is 0 Å². The summed E-state index contributed by atoms with van der Waals surface area (Å²) >= 11 is 6.35. The van der Waals surface area contributed by atoms with E-state index in [0.29, 0.717) is 16.1 Å². The first-order valence-corrected chi connectivity index (χ1v) is 13.6. The Bertz CT molecular complexity index is 1680. The third-order valence-corrected chi connectivity index (χ3v) is 8.40. The van der Waals surface area contributed by atoms with E-state index in [1.807, 2.05) is 67.2 Å². The van der Waals surface area contributed by atoms with Crippen molar-refractivity contribution < 1.29 is 13.2 Å². The Morgan fingerprint density at radius 1 is 0.865 bits per heavy atom. The molecule has 1 atom stereocenters. The molecular weight excluding hydrogens is 504 g/mol. The van der Waals surface area contributed by atoms with E-state index in [9.17, 15) is 13.2 Å². The van der Waals surface area contributed by atoms with Crippen molar-refractivity contribution in [1.29, 1.82) is 0 Å². The number of amides is 1. The zero-order valence-electron chi connectivity index (χ0n) is 20.4. The van der Waals surface area contributed by atoms with Crippen LogP contribution in [0.4, 0.5) is 5.69 Å². The standard InChI is InChI=1S/C30H25ClN2O3S/c1-21-13-16-25(17-14-21)37(35,36)33(24-11-7-4-8-12-24)30(34)29(22-9-5-3-6-10-22)27-20-32(2)28-18-15-23(31)19-26(27)28/h3-20,29H,1-2H3. The predicted molar refractivity (Wildman–Crippen MR) is 149 cm³/mol. The van der Waals surface area contributed by atoms with Crippen molar-refractivity contribution in [2.24, 2.45) is 7.05 Å². The SMILES string of the molecule is Cc1ccc(S(=O)(=O)N(C(=O)C(c2ccccc2)c2cn(C)c3ccc(Cl)cc23)c2ccccc2)cc1. The molecule has 5 aromatic rings. The van der Waals surface area contributed by atoms with Gasteiger partial charge in [-0.15, -0.1) is 0 Å². The molecule has 186 valence electrons. The minimum atomic E-state index is -4.23. The van der Waals surface area contributed by atoms with Crippen molar-refractivity contribution in [3.8, 4) is 0 Å². The van der Waals surface area contributed by atoms with Gasteiger partial charge in [0.1, 0.15) is 0 Å². The summed E-state index contributed by atoms with van der Waals surface area (Å²) in [4.78, 5) is 14.6. The van der Waals surface area contributed by atoms with Gasteiger partial charge in [-0.05, 0) is 60.5 Å². The van der Waals surface area contributed by atoms with Gasteiger partial charge in [0.25, 0.3) is 15.9 Å². The lowest BCUT2D eigenvalue weighted by Gasteiger charge is -2.27. The van der Waals surface area contributed by atoms with Crippen LogP contribution in [-0.2, 0) is 21.9 Å². The Labute approximate surface area is 221 Å². The predicted octanol–water partition coefficient (Wildman–Crippen LogP) is 6.69. The molecule has 5 rings (SSSR count). The van der Waals surface area contributed by atoms with Crippen molar-refractivity contribution >= 4 is 44.1 Å². The summed E-state index contributed by atoms with van der Waals surface area (Å²) in [6.45, 7) is 1.88. The lowest BCUT2D eigenvalue weighted by Crippen LogP contribution is -2.40. The number of hydrogen-bond donors (Lipinski definition) is 0. The van der Waals surface area contributed by atoms with Crippen molar-refractivity contribution in [3.05, 3.63) is 131 Å². The van der Waals surface area contributed by atoms with Gasteiger partial charge in [-0.1, -0.05) is 77.8 Å². The smallest absolute Gasteiger partial charge is 0.270 e. The zero-order valence-corrected chi connectivity index (χ0v) is 21.9. The molecule has 1 heterocycles. The second-order valence-corrected chi connectivity index (χ2v) is 11.2. The Balaban J connectivity index is 1.76. The van der Waals surface area contributed by atoms with Crippen LogP contribution in [0.1, 0.15) is 22.6 Å². The first-order chi connectivity index (χ1) is 17.8. The number of benzene rings is 4. The van der Waals surface area contributed by atoms with E-state index >= 15 is 0 Å². The summed E-state index contributed by atoms with van der Waals surface area (Å²) in [5, 5.41) is 1.32. The van der Waals surface area contributed by atoms with E-state index in [4.69, 9.17) is 11.6 Å². The summed E-state index contributed by atoms with van der Waals surface area (Å²) < 4.78 is 31.0. The number of fused-ring (bicyclic) bond motifs is 1. The molecule has 0 aliphatic heterocycles. The van der Waals surface area contributed by atoms with Crippen LogP contribution in [0.25, 0.3) is 10.9 Å². The van der Waals surface area contributed by atoms with Crippen molar-refractivity contribution in [1.82, 2.24) is 4.57 Å². The van der Waals surface area contributed by atoms with Crippen LogP contribution >= 0.6 is 11.6 Å². The number of anilines is 1. The van der Waals surface area contributed by atoms with Crippen LogP contribution in [0.3, 0.4) is 0 Å². The molecule has 0 spiro atoms. The Morgan fingerprint density at radius 2 is 1.49 bits per heavy atom. The molecule has 0 saturated heterocycles. The van der Waals surface area contributed by atoms with Crippen molar-refractivity contribution in [2.75, 3.05) is 4.31 Å². The highest BCUT2D eigenvalue weighted by Gasteiger charge is 2.38. The number of rotatable bonds is 6. The fraction of sp³-hybridized carbons (Fsp3) is 0.100. The maximum atomic E-state index is 14.6. The lowest BCUT2D eigenvalue weighted by atomic mass is 9.90. The molecule has 0 N–H and O–H groups in total. The highest BCUT2D eigenvalue weighted by molar-refractivity contribution is 7.93. The lowest BCUT2D eigenvalue weighted by molar-refractivity contribution is -0.118. The van der Waals surface area contributed by atoms with Gasteiger partial charge >= 0.3 is 0 Å². The summed E-state index contributed by atoms with van der Waals surface area (Å²) in [7, 11) is -2.34. The van der Waals surface area contributed by atoms with Crippen LogP contribution in [0.2, 0.25) is 5.02 Å².